The van der Waals surface area contributed by atoms with Crippen LogP contribution in [0.15, 0.2) is 71.6 Å². The number of urea groups is 1. The molecule has 2 aromatic carbocycles. The van der Waals surface area contributed by atoms with Gasteiger partial charge in [0.15, 0.2) is 5.65 Å². The number of nitrogens with zero attached hydrogens (tertiary/aromatic N) is 5. The average Bonchev–Trinajstić information content (AvgIpc) is 3.60. The predicted molar refractivity (Wildman–Crippen MR) is 166 cm³/mol. The first-order valence-electron chi connectivity index (χ1n) is 14.2. The minimum absolute atomic E-state index is 0.145. The monoisotopic (exact) mass is 564 g/mol. The Hall–Kier alpha value is -4.70. The minimum Gasteiger partial charge on any atom is -0.467 e. The SMILES string of the molecule is CN1CCC(c2ccc(-c3nn(-c4ccc(NC(=O)Nc5coc(C(C)(C)C)c5)cc4)c4ncnc(N)c34)cc2)CC1. The second kappa shape index (κ2) is 10.9. The number of amides is 2. The van der Waals surface area contributed by atoms with Gasteiger partial charge in [-0.3, -0.25) is 0 Å². The van der Waals surface area contributed by atoms with Crippen molar-refractivity contribution in [2.45, 2.75) is 44.9 Å². The van der Waals surface area contributed by atoms with Gasteiger partial charge in [-0.25, -0.2) is 19.4 Å². The van der Waals surface area contributed by atoms with Gasteiger partial charge in [0.1, 0.15) is 29.9 Å². The molecule has 0 saturated carbocycles. The van der Waals surface area contributed by atoms with E-state index in [2.05, 4.69) is 77.6 Å². The van der Waals surface area contributed by atoms with Crippen LogP contribution in [0.3, 0.4) is 0 Å². The third kappa shape index (κ3) is 5.58. The summed E-state index contributed by atoms with van der Waals surface area (Å²) >= 11 is 0. The van der Waals surface area contributed by atoms with Crippen LogP contribution in [0.25, 0.3) is 28.0 Å². The number of nitrogen functional groups attached to an aromatic ring is 1. The molecule has 216 valence electrons. The van der Waals surface area contributed by atoms with Crippen LogP contribution >= 0.6 is 0 Å². The van der Waals surface area contributed by atoms with E-state index in [0.29, 0.717) is 34.1 Å². The van der Waals surface area contributed by atoms with Crippen LogP contribution in [0.5, 0.6) is 0 Å². The van der Waals surface area contributed by atoms with E-state index in [4.69, 9.17) is 15.2 Å². The molecule has 3 aromatic heterocycles. The topological polar surface area (TPSA) is 127 Å². The summed E-state index contributed by atoms with van der Waals surface area (Å²) in [5, 5.41) is 11.3. The molecule has 1 aliphatic rings. The van der Waals surface area contributed by atoms with Gasteiger partial charge < -0.3 is 25.7 Å². The number of hydrogen-bond acceptors (Lipinski definition) is 7. The van der Waals surface area contributed by atoms with Gasteiger partial charge in [0.2, 0.25) is 0 Å². The van der Waals surface area contributed by atoms with Crippen LogP contribution in [-0.4, -0.2) is 50.8 Å². The summed E-state index contributed by atoms with van der Waals surface area (Å²) in [6.07, 6.45) is 5.33. The van der Waals surface area contributed by atoms with Crippen LogP contribution in [0.4, 0.5) is 22.0 Å². The number of nitrogens with one attached hydrogen (secondary N) is 2. The molecule has 6 rings (SSSR count). The third-order valence-electron chi connectivity index (χ3n) is 7.83. The number of rotatable bonds is 5. The van der Waals surface area contributed by atoms with Gasteiger partial charge in [0.25, 0.3) is 0 Å². The van der Waals surface area contributed by atoms with E-state index < -0.39 is 0 Å². The second-order valence-electron chi connectivity index (χ2n) is 12.0. The van der Waals surface area contributed by atoms with Crippen molar-refractivity contribution in [1.29, 1.82) is 0 Å². The fraction of sp³-hybridized carbons (Fsp3) is 0.312. The lowest BCUT2D eigenvalue weighted by Crippen LogP contribution is -2.29. The van der Waals surface area contributed by atoms with E-state index in [1.165, 1.54) is 24.7 Å². The maximum Gasteiger partial charge on any atom is 0.323 e. The largest absolute Gasteiger partial charge is 0.467 e. The van der Waals surface area contributed by atoms with Gasteiger partial charge in [-0.2, -0.15) is 5.10 Å². The first-order chi connectivity index (χ1) is 20.2. The predicted octanol–water partition coefficient (Wildman–Crippen LogP) is 6.41. The Morgan fingerprint density at radius 2 is 1.67 bits per heavy atom. The lowest BCUT2D eigenvalue weighted by atomic mass is 9.89. The summed E-state index contributed by atoms with van der Waals surface area (Å²) in [6, 6.07) is 17.5. The third-order valence-corrected chi connectivity index (χ3v) is 7.83. The molecular formula is C32H36N8O2. The smallest absolute Gasteiger partial charge is 0.323 e. The molecule has 10 heteroatoms. The number of fused-ring (bicyclic) bond motifs is 1. The summed E-state index contributed by atoms with van der Waals surface area (Å²) < 4.78 is 7.35. The molecule has 5 aromatic rings. The summed E-state index contributed by atoms with van der Waals surface area (Å²) in [4.78, 5) is 23.7. The van der Waals surface area contributed by atoms with Gasteiger partial charge in [0.05, 0.1) is 16.8 Å². The number of hydrogen-bond donors (Lipinski definition) is 3. The minimum atomic E-state index is -0.361. The molecule has 0 unspecified atom stereocenters. The molecule has 0 radical (unpaired) electrons. The maximum atomic E-state index is 12.6. The first kappa shape index (κ1) is 27.5. The number of furan rings is 1. The van der Waals surface area contributed by atoms with Gasteiger partial charge in [-0.05, 0) is 68.7 Å². The Labute approximate surface area is 244 Å². The molecule has 0 atom stereocenters. The molecule has 1 saturated heterocycles. The lowest BCUT2D eigenvalue weighted by Gasteiger charge is -2.29. The van der Waals surface area contributed by atoms with Crippen LogP contribution in [0, 0.1) is 0 Å². The highest BCUT2D eigenvalue weighted by atomic mass is 16.3. The number of carbonyl (C=O) groups excluding carboxylic acids is 1. The summed E-state index contributed by atoms with van der Waals surface area (Å²) in [7, 11) is 2.18. The van der Waals surface area contributed by atoms with Crippen LogP contribution in [-0.2, 0) is 5.41 Å². The van der Waals surface area contributed by atoms with E-state index in [9.17, 15) is 4.79 Å². The van der Waals surface area contributed by atoms with Crippen LogP contribution < -0.4 is 16.4 Å². The van der Waals surface area contributed by atoms with Crippen molar-refractivity contribution in [2.75, 3.05) is 36.5 Å². The number of piperidine rings is 1. The van der Waals surface area contributed by atoms with Crippen molar-refractivity contribution >= 4 is 34.3 Å². The van der Waals surface area contributed by atoms with Crippen molar-refractivity contribution in [3.05, 3.63) is 78.5 Å². The van der Waals surface area contributed by atoms with Crippen LogP contribution in [0.2, 0.25) is 0 Å². The number of anilines is 3. The van der Waals surface area contributed by atoms with Gasteiger partial charge >= 0.3 is 6.03 Å². The Balaban J connectivity index is 1.22. The highest BCUT2D eigenvalue weighted by molar-refractivity contribution is 6.00. The molecule has 1 fully saturated rings. The molecule has 0 aliphatic carbocycles. The Morgan fingerprint density at radius 1 is 0.976 bits per heavy atom. The van der Waals surface area contributed by atoms with Crippen molar-refractivity contribution < 1.29 is 9.21 Å². The molecule has 4 N–H and O–H groups in total. The number of aromatic nitrogens is 4. The van der Waals surface area contributed by atoms with Crippen molar-refractivity contribution in [3.63, 3.8) is 0 Å². The summed E-state index contributed by atoms with van der Waals surface area (Å²) in [5.41, 5.74) is 11.9. The quantitative estimate of drug-likeness (QED) is 0.225. The molecule has 42 heavy (non-hydrogen) atoms. The zero-order valence-corrected chi connectivity index (χ0v) is 24.4. The highest BCUT2D eigenvalue weighted by Crippen LogP contribution is 2.34. The Kier molecular flexibility index (Phi) is 7.16. The molecule has 0 bridgehead atoms. The normalized spacial score (nSPS) is 14.8. The summed E-state index contributed by atoms with van der Waals surface area (Å²) in [5.74, 6) is 1.75. The standard InChI is InChI=1S/C32H36N8O2/c1-32(2,3)26-17-24(18-42-26)37-31(41)36-23-9-11-25(12-10-23)40-30-27(29(33)34-19-35-30)28(38-40)22-7-5-20(6-8-22)21-13-15-39(4)16-14-21/h5-12,17-19,21H,13-16H2,1-4H3,(H2,33,34,35)(H2,36,37,41). The molecule has 2 amide bonds. The van der Waals surface area contributed by atoms with Crippen molar-refractivity contribution in [2.24, 2.45) is 0 Å². The fourth-order valence-corrected chi connectivity index (χ4v) is 5.39. The highest BCUT2D eigenvalue weighted by Gasteiger charge is 2.21. The zero-order chi connectivity index (χ0) is 29.4. The Bertz CT molecular complexity index is 1710. The summed E-state index contributed by atoms with van der Waals surface area (Å²) in [6.45, 7) is 8.40. The number of likely N-dealkylation sites (tertiary alicyclic amines) is 1. The van der Waals surface area contributed by atoms with E-state index in [1.807, 2.05) is 30.3 Å². The molecular weight excluding hydrogens is 528 g/mol. The van der Waals surface area contributed by atoms with Gasteiger partial charge in [-0.15, -0.1) is 0 Å². The molecule has 4 heterocycles. The molecule has 10 nitrogen and oxygen atoms in total. The van der Waals surface area contributed by atoms with Crippen LogP contribution in [0.1, 0.15) is 50.9 Å². The molecule has 0 spiro atoms. The lowest BCUT2D eigenvalue weighted by molar-refractivity contribution is 0.255. The number of benzene rings is 2. The van der Waals surface area contributed by atoms with Gasteiger partial charge in [-0.1, -0.05) is 45.0 Å². The van der Waals surface area contributed by atoms with Crippen molar-refractivity contribution in [3.8, 4) is 16.9 Å². The maximum absolute atomic E-state index is 12.6. The van der Waals surface area contributed by atoms with E-state index in [1.54, 1.807) is 10.9 Å². The van der Waals surface area contributed by atoms with E-state index in [0.717, 1.165) is 35.8 Å². The zero-order valence-electron chi connectivity index (χ0n) is 24.4. The second-order valence-corrected chi connectivity index (χ2v) is 12.0. The van der Waals surface area contributed by atoms with Crippen molar-refractivity contribution in [1.82, 2.24) is 24.6 Å². The average molecular weight is 565 g/mol. The fourth-order valence-electron chi connectivity index (χ4n) is 5.39. The Morgan fingerprint density at radius 3 is 2.33 bits per heavy atom. The van der Waals surface area contributed by atoms with E-state index in [-0.39, 0.29) is 11.4 Å². The van der Waals surface area contributed by atoms with Gasteiger partial charge in [0, 0.05) is 22.7 Å². The molecule has 1 aliphatic heterocycles. The number of carbonyl (C=O) groups is 1. The first-order valence-corrected chi connectivity index (χ1v) is 14.2. The number of nitrogens with two attached hydrogens (primary N) is 1. The van der Waals surface area contributed by atoms with E-state index >= 15 is 0 Å².